The van der Waals surface area contributed by atoms with Gasteiger partial charge in [-0.15, -0.1) is 0 Å². The molecule has 1 aromatic carbocycles. The van der Waals surface area contributed by atoms with Gasteiger partial charge in [0, 0.05) is 11.6 Å². The maximum atomic E-state index is 12.4. The summed E-state index contributed by atoms with van der Waals surface area (Å²) in [6, 6.07) is 8.17. The summed E-state index contributed by atoms with van der Waals surface area (Å²) in [5.41, 5.74) is 2.09. The van der Waals surface area contributed by atoms with Crippen molar-refractivity contribution >= 4 is 18.1 Å². The van der Waals surface area contributed by atoms with Crippen molar-refractivity contribution in [1.82, 2.24) is 20.1 Å². The molecule has 0 aliphatic heterocycles. The first-order valence-electron chi connectivity index (χ1n) is 8.88. The van der Waals surface area contributed by atoms with Gasteiger partial charge in [-0.25, -0.2) is 0 Å². The molecule has 0 radical (unpaired) electrons. The average Bonchev–Trinajstić information content (AvgIpc) is 2.87. The summed E-state index contributed by atoms with van der Waals surface area (Å²) in [6.45, 7) is 8.69. The Kier molecular flexibility index (Phi) is 6.93. The molecule has 0 aliphatic rings. The highest BCUT2D eigenvalue weighted by Gasteiger charge is 2.14. The number of rotatable bonds is 8. The zero-order valence-electron chi connectivity index (χ0n) is 15.5. The van der Waals surface area contributed by atoms with Gasteiger partial charge in [-0.2, -0.15) is 5.10 Å². The predicted octanol–water partition coefficient (Wildman–Crippen LogP) is 4.25. The van der Waals surface area contributed by atoms with Crippen LogP contribution in [0.3, 0.4) is 0 Å². The van der Waals surface area contributed by atoms with E-state index in [1.165, 1.54) is 6.42 Å². The van der Waals surface area contributed by atoms with Crippen LogP contribution in [0.5, 0.6) is 0 Å². The van der Waals surface area contributed by atoms with Gasteiger partial charge in [0.2, 0.25) is 5.91 Å². The van der Waals surface area contributed by atoms with E-state index in [1.54, 1.807) is 4.57 Å². The maximum Gasteiger partial charge on any atom is 0.240 e. The predicted molar refractivity (Wildman–Crippen MR) is 104 cm³/mol. The fourth-order valence-corrected chi connectivity index (χ4v) is 3.03. The number of aryl methyl sites for hydroxylation is 1. The van der Waals surface area contributed by atoms with Crippen LogP contribution >= 0.6 is 12.2 Å². The van der Waals surface area contributed by atoms with Crippen molar-refractivity contribution in [3.63, 3.8) is 0 Å². The van der Waals surface area contributed by atoms with Gasteiger partial charge in [0.05, 0.1) is 0 Å². The van der Waals surface area contributed by atoms with Crippen LogP contribution in [0.2, 0.25) is 0 Å². The molecule has 1 unspecified atom stereocenters. The number of hydrogen-bond donors (Lipinski definition) is 2. The van der Waals surface area contributed by atoms with Gasteiger partial charge in [0.1, 0.15) is 6.54 Å². The summed E-state index contributed by atoms with van der Waals surface area (Å²) in [5.74, 6) is 1.35. The van der Waals surface area contributed by atoms with E-state index >= 15 is 0 Å². The molecule has 0 saturated heterocycles. The Morgan fingerprint density at radius 3 is 2.76 bits per heavy atom. The van der Waals surface area contributed by atoms with Crippen molar-refractivity contribution in [1.29, 1.82) is 0 Å². The number of carbonyl (C=O) groups is 1. The van der Waals surface area contributed by atoms with Crippen LogP contribution in [0.4, 0.5) is 0 Å². The number of nitrogens with one attached hydrogen (secondary N) is 2. The fraction of sp³-hybridized carbons (Fsp3) is 0.526. The number of aromatic amines is 1. The average molecular weight is 361 g/mol. The van der Waals surface area contributed by atoms with E-state index in [1.807, 2.05) is 38.1 Å². The highest BCUT2D eigenvalue weighted by Crippen LogP contribution is 2.18. The molecule has 0 aliphatic carbocycles. The first-order chi connectivity index (χ1) is 11.9. The van der Waals surface area contributed by atoms with Crippen molar-refractivity contribution in [2.24, 2.45) is 5.92 Å². The largest absolute Gasteiger partial charge is 0.352 e. The minimum Gasteiger partial charge on any atom is -0.352 e. The van der Waals surface area contributed by atoms with Gasteiger partial charge in [-0.3, -0.25) is 14.5 Å². The first kappa shape index (κ1) is 19.4. The molecule has 136 valence electrons. The highest BCUT2D eigenvalue weighted by molar-refractivity contribution is 7.71. The number of amides is 1. The van der Waals surface area contributed by atoms with Crippen molar-refractivity contribution in [3.05, 3.63) is 34.6 Å². The molecular weight excluding hydrogens is 332 g/mol. The van der Waals surface area contributed by atoms with Crippen LogP contribution in [-0.2, 0) is 11.3 Å². The molecular formula is C19H28N4OS. The SMILES string of the molecule is Cc1cccc(-c2n[nH]c(=S)n2CC(=O)NC(C)CCCC(C)C)c1. The van der Waals surface area contributed by atoms with Crippen LogP contribution in [-0.4, -0.2) is 26.7 Å². The summed E-state index contributed by atoms with van der Waals surface area (Å²) in [6.07, 6.45) is 3.30. The quantitative estimate of drug-likeness (QED) is 0.692. The molecule has 2 N–H and O–H groups in total. The monoisotopic (exact) mass is 360 g/mol. The lowest BCUT2D eigenvalue weighted by atomic mass is 10.0. The zero-order valence-corrected chi connectivity index (χ0v) is 16.3. The normalized spacial score (nSPS) is 12.4. The fourth-order valence-electron chi connectivity index (χ4n) is 2.84. The second-order valence-electron chi connectivity index (χ2n) is 7.10. The van der Waals surface area contributed by atoms with Gasteiger partial charge >= 0.3 is 0 Å². The van der Waals surface area contributed by atoms with E-state index < -0.39 is 0 Å². The molecule has 1 aromatic heterocycles. The van der Waals surface area contributed by atoms with E-state index in [0.717, 1.165) is 24.0 Å². The zero-order chi connectivity index (χ0) is 18.4. The van der Waals surface area contributed by atoms with Crippen molar-refractivity contribution in [2.45, 2.75) is 59.5 Å². The molecule has 1 amide bonds. The molecule has 25 heavy (non-hydrogen) atoms. The Morgan fingerprint density at radius 2 is 2.08 bits per heavy atom. The number of nitrogens with zero attached hydrogens (tertiary/aromatic N) is 2. The number of H-pyrrole nitrogens is 1. The maximum absolute atomic E-state index is 12.4. The van der Waals surface area contributed by atoms with Crippen LogP contribution in [0.1, 0.15) is 45.6 Å². The topological polar surface area (TPSA) is 62.7 Å². The number of carbonyl (C=O) groups excluding carboxylic acids is 1. The number of hydrogen-bond acceptors (Lipinski definition) is 3. The van der Waals surface area contributed by atoms with E-state index in [2.05, 4.69) is 29.4 Å². The third kappa shape index (κ3) is 5.81. The standard InChI is InChI=1S/C19H28N4OS/c1-13(2)7-5-9-15(4)20-17(24)12-23-18(21-22-19(23)25)16-10-6-8-14(3)11-16/h6,8,10-11,13,15H,5,7,9,12H2,1-4H3,(H,20,24)(H,22,25). The molecule has 0 spiro atoms. The van der Waals surface area contributed by atoms with E-state index in [-0.39, 0.29) is 18.5 Å². The van der Waals surface area contributed by atoms with Crippen molar-refractivity contribution < 1.29 is 4.79 Å². The molecule has 0 fully saturated rings. The molecule has 2 rings (SSSR count). The number of benzene rings is 1. The van der Waals surface area contributed by atoms with E-state index in [9.17, 15) is 4.79 Å². The Bertz CT molecular complexity index is 763. The lowest BCUT2D eigenvalue weighted by Gasteiger charge is -2.15. The Hall–Kier alpha value is -1.95. The molecule has 0 saturated carbocycles. The van der Waals surface area contributed by atoms with Gasteiger partial charge in [0.15, 0.2) is 10.6 Å². The molecule has 6 heteroatoms. The summed E-state index contributed by atoms with van der Waals surface area (Å²) < 4.78 is 2.21. The van der Waals surface area contributed by atoms with E-state index in [4.69, 9.17) is 12.2 Å². The smallest absolute Gasteiger partial charge is 0.240 e. The summed E-state index contributed by atoms with van der Waals surface area (Å²) in [7, 11) is 0. The molecule has 1 atom stereocenters. The minimum absolute atomic E-state index is 0.0385. The van der Waals surface area contributed by atoms with Gasteiger partial charge in [-0.05, 0) is 44.5 Å². The molecule has 1 heterocycles. The van der Waals surface area contributed by atoms with Crippen LogP contribution in [0.25, 0.3) is 11.4 Å². The Labute approximate surface area is 154 Å². The second-order valence-corrected chi connectivity index (χ2v) is 7.49. The summed E-state index contributed by atoms with van der Waals surface area (Å²) in [5, 5.41) is 10.2. The second kappa shape index (κ2) is 8.94. The lowest BCUT2D eigenvalue weighted by Crippen LogP contribution is -2.35. The van der Waals surface area contributed by atoms with Gasteiger partial charge < -0.3 is 5.32 Å². The highest BCUT2D eigenvalue weighted by atomic mass is 32.1. The van der Waals surface area contributed by atoms with E-state index in [0.29, 0.717) is 16.5 Å². The Morgan fingerprint density at radius 1 is 1.32 bits per heavy atom. The Balaban J connectivity index is 2.02. The third-order valence-corrected chi connectivity index (χ3v) is 4.47. The van der Waals surface area contributed by atoms with Crippen LogP contribution in [0.15, 0.2) is 24.3 Å². The van der Waals surface area contributed by atoms with Crippen molar-refractivity contribution in [2.75, 3.05) is 0 Å². The third-order valence-electron chi connectivity index (χ3n) is 4.16. The van der Waals surface area contributed by atoms with Crippen LogP contribution in [0, 0.1) is 17.6 Å². The lowest BCUT2D eigenvalue weighted by molar-refractivity contribution is -0.122. The van der Waals surface area contributed by atoms with Crippen LogP contribution < -0.4 is 5.32 Å². The van der Waals surface area contributed by atoms with Crippen molar-refractivity contribution in [3.8, 4) is 11.4 Å². The summed E-state index contributed by atoms with van der Waals surface area (Å²) >= 11 is 5.30. The number of aromatic nitrogens is 3. The van der Waals surface area contributed by atoms with Gasteiger partial charge in [-0.1, -0.05) is 50.5 Å². The van der Waals surface area contributed by atoms with Gasteiger partial charge in [0.25, 0.3) is 0 Å². The molecule has 2 aromatic rings. The molecule has 0 bridgehead atoms. The molecule has 5 nitrogen and oxygen atoms in total. The summed E-state index contributed by atoms with van der Waals surface area (Å²) in [4.78, 5) is 12.4. The minimum atomic E-state index is -0.0385. The first-order valence-corrected chi connectivity index (χ1v) is 9.29.